The van der Waals surface area contributed by atoms with Crippen LogP contribution in [0, 0.1) is 0 Å². The molecule has 1 aliphatic rings. The maximum absolute atomic E-state index is 13.2. The molecule has 8 nitrogen and oxygen atoms in total. The van der Waals surface area contributed by atoms with Crippen molar-refractivity contribution < 1.29 is 27.8 Å². The topological polar surface area (TPSA) is 120 Å². The van der Waals surface area contributed by atoms with Gasteiger partial charge in [-0.05, 0) is 24.3 Å². The summed E-state index contributed by atoms with van der Waals surface area (Å²) in [6, 6.07) is 7.17. The van der Waals surface area contributed by atoms with Crippen molar-refractivity contribution in [2.45, 2.75) is 18.2 Å². The molecule has 32 heavy (non-hydrogen) atoms. The SMILES string of the molecule is NC(=O)c1c(C2COCC2O)c(-c2ccc(C(F)(F)F)cc2)nn(-c2cccnc2)c1=O. The lowest BCUT2D eigenvalue weighted by Gasteiger charge is -2.21. The van der Waals surface area contributed by atoms with Crippen molar-refractivity contribution in [3.05, 3.63) is 75.8 Å². The van der Waals surface area contributed by atoms with Gasteiger partial charge in [0, 0.05) is 23.2 Å². The lowest BCUT2D eigenvalue weighted by Crippen LogP contribution is -2.35. The Morgan fingerprint density at radius 3 is 2.44 bits per heavy atom. The van der Waals surface area contributed by atoms with Gasteiger partial charge in [0.1, 0.15) is 5.56 Å². The number of nitrogens with two attached hydrogens (primary N) is 1. The van der Waals surface area contributed by atoms with Crippen LogP contribution in [0.4, 0.5) is 13.2 Å². The molecule has 1 fully saturated rings. The lowest BCUT2D eigenvalue weighted by molar-refractivity contribution is -0.137. The molecule has 1 saturated heterocycles. The normalized spacial score (nSPS) is 18.6. The first-order valence-corrected chi connectivity index (χ1v) is 9.49. The van der Waals surface area contributed by atoms with Gasteiger partial charge in [0.05, 0.1) is 42.5 Å². The zero-order chi connectivity index (χ0) is 23.0. The Bertz CT molecular complexity index is 1210. The van der Waals surface area contributed by atoms with Gasteiger partial charge in [-0.2, -0.15) is 23.0 Å². The smallest absolute Gasteiger partial charge is 0.390 e. The summed E-state index contributed by atoms with van der Waals surface area (Å²) < 4.78 is 45.3. The third-order valence-corrected chi connectivity index (χ3v) is 5.17. The predicted octanol–water partition coefficient (Wildman–Crippen LogP) is 1.89. The Hall–Kier alpha value is -3.57. The number of carbonyl (C=O) groups excluding carboxylic acids is 1. The Morgan fingerprint density at radius 1 is 1.19 bits per heavy atom. The van der Waals surface area contributed by atoms with Crippen LogP contribution in [0.2, 0.25) is 0 Å². The number of primary amides is 1. The van der Waals surface area contributed by atoms with Crippen molar-refractivity contribution in [2.24, 2.45) is 5.73 Å². The highest BCUT2D eigenvalue weighted by molar-refractivity contribution is 5.96. The van der Waals surface area contributed by atoms with E-state index in [0.29, 0.717) is 0 Å². The summed E-state index contributed by atoms with van der Waals surface area (Å²) in [5.41, 5.74) is 3.90. The number of amides is 1. The first-order chi connectivity index (χ1) is 15.2. The van der Waals surface area contributed by atoms with E-state index in [4.69, 9.17) is 10.5 Å². The van der Waals surface area contributed by atoms with Crippen LogP contribution in [0.15, 0.2) is 53.6 Å². The fourth-order valence-corrected chi connectivity index (χ4v) is 3.64. The van der Waals surface area contributed by atoms with Crippen LogP contribution in [0.1, 0.15) is 27.4 Å². The average molecular weight is 446 g/mol. The van der Waals surface area contributed by atoms with E-state index in [2.05, 4.69) is 10.1 Å². The lowest BCUT2D eigenvalue weighted by atomic mass is 9.88. The van der Waals surface area contributed by atoms with Gasteiger partial charge in [0.2, 0.25) is 0 Å². The van der Waals surface area contributed by atoms with E-state index in [1.165, 1.54) is 30.6 Å². The Balaban J connectivity index is 2.03. The largest absolute Gasteiger partial charge is 0.416 e. The van der Waals surface area contributed by atoms with E-state index >= 15 is 0 Å². The van der Waals surface area contributed by atoms with Crippen LogP contribution in [0.25, 0.3) is 16.9 Å². The predicted molar refractivity (Wildman–Crippen MR) is 106 cm³/mol. The number of nitrogens with zero attached hydrogens (tertiary/aromatic N) is 3. The van der Waals surface area contributed by atoms with Crippen LogP contribution in [0.3, 0.4) is 0 Å². The molecule has 1 amide bonds. The molecule has 3 N–H and O–H groups in total. The molecule has 2 atom stereocenters. The highest BCUT2D eigenvalue weighted by atomic mass is 19.4. The van der Waals surface area contributed by atoms with E-state index < -0.39 is 40.8 Å². The van der Waals surface area contributed by atoms with Crippen molar-refractivity contribution in [1.29, 1.82) is 0 Å². The van der Waals surface area contributed by atoms with Gasteiger partial charge in [-0.25, -0.2) is 0 Å². The molecule has 0 saturated carbocycles. The molecular formula is C21H17F3N4O4. The van der Waals surface area contributed by atoms with Gasteiger partial charge < -0.3 is 15.6 Å². The minimum absolute atomic E-state index is 0.0207. The molecule has 2 unspecified atom stereocenters. The molecule has 2 aromatic heterocycles. The van der Waals surface area contributed by atoms with E-state index in [-0.39, 0.29) is 35.7 Å². The van der Waals surface area contributed by atoms with E-state index in [1.54, 1.807) is 6.07 Å². The quantitative estimate of drug-likeness (QED) is 0.632. The second-order valence-corrected chi connectivity index (χ2v) is 7.22. The van der Waals surface area contributed by atoms with Gasteiger partial charge in [0.15, 0.2) is 0 Å². The molecule has 11 heteroatoms. The Morgan fingerprint density at radius 2 is 1.91 bits per heavy atom. The Labute approximate surface area is 179 Å². The minimum Gasteiger partial charge on any atom is -0.390 e. The molecule has 1 aromatic carbocycles. The van der Waals surface area contributed by atoms with Gasteiger partial charge in [0.25, 0.3) is 11.5 Å². The maximum Gasteiger partial charge on any atom is 0.416 e. The molecule has 0 spiro atoms. The number of alkyl halides is 3. The van der Waals surface area contributed by atoms with Crippen molar-refractivity contribution >= 4 is 5.91 Å². The summed E-state index contributed by atoms with van der Waals surface area (Å²) in [7, 11) is 0. The average Bonchev–Trinajstić information content (AvgIpc) is 3.18. The van der Waals surface area contributed by atoms with E-state index in [0.717, 1.165) is 16.8 Å². The molecular weight excluding hydrogens is 429 g/mol. The number of aliphatic hydroxyl groups excluding tert-OH is 1. The molecule has 0 bridgehead atoms. The fraction of sp³-hybridized carbons (Fsp3) is 0.238. The fourth-order valence-electron chi connectivity index (χ4n) is 3.64. The first-order valence-electron chi connectivity index (χ1n) is 9.49. The van der Waals surface area contributed by atoms with Gasteiger partial charge in [-0.3, -0.25) is 14.6 Å². The number of aromatic nitrogens is 3. The first kappa shape index (κ1) is 21.7. The van der Waals surface area contributed by atoms with Crippen molar-refractivity contribution in [3.63, 3.8) is 0 Å². The summed E-state index contributed by atoms with van der Waals surface area (Å²) in [5, 5.41) is 14.7. The summed E-state index contributed by atoms with van der Waals surface area (Å²) in [6.45, 7) is -0.0614. The summed E-state index contributed by atoms with van der Waals surface area (Å²) in [6.07, 6.45) is -2.79. The number of hydrogen-bond donors (Lipinski definition) is 2. The summed E-state index contributed by atoms with van der Waals surface area (Å²) >= 11 is 0. The van der Waals surface area contributed by atoms with Crippen LogP contribution in [-0.2, 0) is 10.9 Å². The van der Waals surface area contributed by atoms with Crippen LogP contribution >= 0.6 is 0 Å². The minimum atomic E-state index is -4.54. The number of aliphatic hydroxyl groups is 1. The van der Waals surface area contributed by atoms with Gasteiger partial charge in [-0.15, -0.1) is 0 Å². The maximum atomic E-state index is 13.2. The Kier molecular flexibility index (Phi) is 5.53. The highest BCUT2D eigenvalue weighted by Gasteiger charge is 2.36. The number of carbonyl (C=O) groups is 1. The molecule has 0 aliphatic carbocycles. The highest BCUT2D eigenvalue weighted by Crippen LogP contribution is 2.36. The number of benzene rings is 1. The molecule has 3 aromatic rings. The number of halogens is 3. The van der Waals surface area contributed by atoms with Crippen LogP contribution in [-0.4, -0.2) is 45.1 Å². The van der Waals surface area contributed by atoms with Gasteiger partial charge in [-0.1, -0.05) is 12.1 Å². The second-order valence-electron chi connectivity index (χ2n) is 7.22. The molecule has 3 heterocycles. The molecule has 1 aliphatic heterocycles. The van der Waals surface area contributed by atoms with E-state index in [9.17, 15) is 27.9 Å². The number of rotatable bonds is 4. The van der Waals surface area contributed by atoms with Crippen LogP contribution in [0.5, 0.6) is 0 Å². The zero-order valence-corrected chi connectivity index (χ0v) is 16.4. The van der Waals surface area contributed by atoms with Gasteiger partial charge >= 0.3 is 6.18 Å². The zero-order valence-electron chi connectivity index (χ0n) is 16.4. The summed E-state index contributed by atoms with van der Waals surface area (Å²) in [5.74, 6) is -1.88. The van der Waals surface area contributed by atoms with Crippen molar-refractivity contribution in [3.8, 4) is 16.9 Å². The van der Waals surface area contributed by atoms with E-state index in [1.807, 2.05) is 0 Å². The number of pyridine rings is 1. The third-order valence-electron chi connectivity index (χ3n) is 5.17. The third kappa shape index (κ3) is 3.87. The second kappa shape index (κ2) is 8.17. The standard InChI is InChI=1S/C21H17F3N4O4/c22-21(23,24)12-5-3-11(4-6-12)18-16(14-9-32-10-15(14)29)17(19(25)30)20(31)28(27-18)13-2-1-7-26-8-13/h1-8,14-15,29H,9-10H2,(H2,25,30). The van der Waals surface area contributed by atoms with Crippen LogP contribution < -0.4 is 11.3 Å². The number of hydrogen-bond acceptors (Lipinski definition) is 6. The number of ether oxygens (including phenoxy) is 1. The molecule has 0 radical (unpaired) electrons. The summed E-state index contributed by atoms with van der Waals surface area (Å²) in [4.78, 5) is 29.4. The van der Waals surface area contributed by atoms with Crippen molar-refractivity contribution in [2.75, 3.05) is 13.2 Å². The molecule has 166 valence electrons. The van der Waals surface area contributed by atoms with Crippen molar-refractivity contribution in [1.82, 2.24) is 14.8 Å². The molecule has 4 rings (SSSR count). The monoisotopic (exact) mass is 446 g/mol.